The maximum absolute atomic E-state index is 11.7. The van der Waals surface area contributed by atoms with Gasteiger partial charge in [-0.05, 0) is 33.8 Å². The molecule has 2 rings (SSSR count). The van der Waals surface area contributed by atoms with E-state index in [9.17, 15) is 13.5 Å². The maximum atomic E-state index is 11.7. The largest absolute Gasteiger partial charge is 0.507 e. The van der Waals surface area contributed by atoms with Crippen LogP contribution in [0, 0.1) is 0 Å². The van der Waals surface area contributed by atoms with Gasteiger partial charge in [-0.25, -0.2) is 13.6 Å². The fourth-order valence-corrected chi connectivity index (χ4v) is 2.86. The topological polar surface area (TPSA) is 98.9 Å². The Morgan fingerprint density at radius 3 is 2.10 bits per heavy atom. The van der Waals surface area contributed by atoms with Gasteiger partial charge in [0.1, 0.15) is 10.6 Å². The first-order chi connectivity index (χ1) is 8.96. The average Bonchev–Trinajstić information content (AvgIpc) is 2.46. The summed E-state index contributed by atoms with van der Waals surface area (Å²) in [6.07, 6.45) is 0. The quantitative estimate of drug-likeness (QED) is 0.767. The van der Waals surface area contributed by atoms with Gasteiger partial charge in [-0.2, -0.15) is 0 Å². The van der Waals surface area contributed by atoms with E-state index in [2.05, 4.69) is 0 Å². The second-order valence-electron chi connectivity index (χ2n) is 5.83. The van der Waals surface area contributed by atoms with Crippen molar-refractivity contribution in [2.45, 2.75) is 43.8 Å². The van der Waals surface area contributed by atoms with Crippen molar-refractivity contribution in [1.82, 2.24) is 0 Å². The van der Waals surface area contributed by atoms with Crippen molar-refractivity contribution in [3.63, 3.8) is 0 Å². The fourth-order valence-electron chi connectivity index (χ4n) is 2.01. The number of hydrogen-bond acceptors (Lipinski definition) is 5. The highest BCUT2D eigenvalue weighted by Crippen LogP contribution is 2.37. The molecule has 8 heteroatoms. The summed E-state index contributed by atoms with van der Waals surface area (Å²) >= 11 is 0. The number of primary sulfonamides is 1. The van der Waals surface area contributed by atoms with Crippen LogP contribution >= 0.6 is 0 Å². The number of phenols is 1. The van der Waals surface area contributed by atoms with Crippen molar-refractivity contribution < 1.29 is 22.8 Å². The monoisotopic (exact) mass is 299 g/mol. The molecule has 1 aromatic rings. The molecule has 3 N–H and O–H groups in total. The van der Waals surface area contributed by atoms with E-state index < -0.39 is 34.1 Å². The van der Waals surface area contributed by atoms with E-state index in [-0.39, 0.29) is 10.4 Å². The predicted octanol–water partition coefficient (Wildman–Crippen LogP) is 0.339. The fraction of sp³-hybridized carbons (Fsp3) is 0.500. The summed E-state index contributed by atoms with van der Waals surface area (Å²) < 4.78 is 34.9. The standard InChI is InChI=1S/C12H18BNO5S/c1-11(2)12(3,4)19-13(18-11)8-6-5-7-9(15)10(8)20(14,16)17/h5-7,15H,1-4H3,(H2,14,16,17). The minimum Gasteiger partial charge on any atom is -0.507 e. The zero-order valence-electron chi connectivity index (χ0n) is 11.9. The van der Waals surface area contributed by atoms with E-state index in [4.69, 9.17) is 14.4 Å². The Morgan fingerprint density at radius 2 is 1.65 bits per heavy atom. The molecule has 0 unspecified atom stereocenters. The lowest BCUT2D eigenvalue weighted by Gasteiger charge is -2.32. The SMILES string of the molecule is CC1(C)OB(c2cccc(O)c2S(N)(=O)=O)OC1(C)C. The molecule has 0 radical (unpaired) electrons. The third-order valence-corrected chi connectivity index (χ3v) is 4.83. The van der Waals surface area contributed by atoms with Gasteiger partial charge in [0.15, 0.2) is 0 Å². The summed E-state index contributed by atoms with van der Waals surface area (Å²) in [4.78, 5) is -0.362. The van der Waals surface area contributed by atoms with Crippen molar-refractivity contribution in [3.8, 4) is 5.75 Å². The number of hydrogen-bond donors (Lipinski definition) is 2. The molecule has 1 fully saturated rings. The zero-order valence-corrected chi connectivity index (χ0v) is 12.7. The van der Waals surface area contributed by atoms with Crippen LogP contribution in [-0.4, -0.2) is 31.8 Å². The van der Waals surface area contributed by atoms with Crippen molar-refractivity contribution in [2.75, 3.05) is 0 Å². The minimum absolute atomic E-state index is 0.200. The van der Waals surface area contributed by atoms with Crippen LogP contribution in [0.1, 0.15) is 27.7 Å². The number of phenolic OH excluding ortho intramolecular Hbond substituents is 1. The van der Waals surface area contributed by atoms with Crippen LogP contribution < -0.4 is 10.6 Å². The number of aromatic hydroxyl groups is 1. The van der Waals surface area contributed by atoms with Crippen LogP contribution in [0.25, 0.3) is 0 Å². The van der Waals surface area contributed by atoms with Crippen LogP contribution in [0.2, 0.25) is 0 Å². The summed E-state index contributed by atoms with van der Waals surface area (Å²) in [5.74, 6) is -0.417. The first-order valence-corrected chi connectivity index (χ1v) is 7.71. The molecular weight excluding hydrogens is 281 g/mol. The summed E-state index contributed by atoms with van der Waals surface area (Å²) in [5, 5.41) is 14.9. The highest BCUT2D eigenvalue weighted by molar-refractivity contribution is 7.89. The third kappa shape index (κ3) is 2.44. The number of sulfonamides is 1. The minimum atomic E-state index is -4.09. The molecule has 0 amide bonds. The van der Waals surface area contributed by atoms with E-state index in [0.29, 0.717) is 0 Å². The number of rotatable bonds is 2. The third-order valence-electron chi connectivity index (χ3n) is 3.82. The van der Waals surface area contributed by atoms with Crippen molar-refractivity contribution in [1.29, 1.82) is 0 Å². The molecule has 6 nitrogen and oxygen atoms in total. The average molecular weight is 299 g/mol. The van der Waals surface area contributed by atoms with Gasteiger partial charge in [-0.1, -0.05) is 12.1 Å². The van der Waals surface area contributed by atoms with E-state index in [0.717, 1.165) is 0 Å². The van der Waals surface area contributed by atoms with Gasteiger partial charge in [0.05, 0.1) is 11.2 Å². The first kappa shape index (κ1) is 15.3. The van der Waals surface area contributed by atoms with Gasteiger partial charge in [0.25, 0.3) is 0 Å². The van der Waals surface area contributed by atoms with Crippen LogP contribution in [0.15, 0.2) is 23.1 Å². The van der Waals surface area contributed by atoms with Gasteiger partial charge in [-0.15, -0.1) is 0 Å². The molecule has 0 bridgehead atoms. The summed E-state index contributed by atoms with van der Waals surface area (Å²) in [6, 6.07) is 4.29. The Balaban J connectivity index is 2.55. The van der Waals surface area contributed by atoms with E-state index in [1.165, 1.54) is 18.2 Å². The molecule has 110 valence electrons. The van der Waals surface area contributed by atoms with Gasteiger partial charge < -0.3 is 14.4 Å². The lowest BCUT2D eigenvalue weighted by molar-refractivity contribution is 0.00578. The number of nitrogens with two attached hydrogens (primary N) is 1. The Bertz CT molecular complexity index is 625. The van der Waals surface area contributed by atoms with Crippen LogP contribution in [-0.2, 0) is 19.3 Å². The molecule has 1 heterocycles. The summed E-state index contributed by atoms with van der Waals surface area (Å²) in [6.45, 7) is 7.41. The van der Waals surface area contributed by atoms with Crippen molar-refractivity contribution >= 4 is 22.6 Å². The van der Waals surface area contributed by atoms with Crippen LogP contribution in [0.5, 0.6) is 5.75 Å². The second-order valence-corrected chi connectivity index (χ2v) is 7.33. The Kier molecular flexibility index (Phi) is 3.41. The molecule has 0 aliphatic carbocycles. The van der Waals surface area contributed by atoms with Gasteiger partial charge in [0, 0.05) is 5.46 Å². The maximum Gasteiger partial charge on any atom is 0.496 e. The second kappa shape index (κ2) is 4.46. The van der Waals surface area contributed by atoms with Crippen LogP contribution in [0.4, 0.5) is 0 Å². The van der Waals surface area contributed by atoms with Gasteiger partial charge >= 0.3 is 7.12 Å². The number of benzene rings is 1. The molecule has 1 aliphatic rings. The molecule has 1 aliphatic heterocycles. The van der Waals surface area contributed by atoms with Gasteiger partial charge in [-0.3, -0.25) is 0 Å². The lowest BCUT2D eigenvalue weighted by atomic mass is 9.79. The molecule has 0 aromatic heterocycles. The van der Waals surface area contributed by atoms with Gasteiger partial charge in [0.2, 0.25) is 10.0 Å². The molecule has 1 saturated heterocycles. The molecule has 1 aromatic carbocycles. The lowest BCUT2D eigenvalue weighted by Crippen LogP contribution is -2.41. The van der Waals surface area contributed by atoms with Crippen LogP contribution in [0.3, 0.4) is 0 Å². The van der Waals surface area contributed by atoms with Crippen molar-refractivity contribution in [3.05, 3.63) is 18.2 Å². The van der Waals surface area contributed by atoms with E-state index >= 15 is 0 Å². The molecular formula is C12H18BNO5S. The predicted molar refractivity (Wildman–Crippen MR) is 75.2 cm³/mol. The molecule has 0 spiro atoms. The first-order valence-electron chi connectivity index (χ1n) is 6.16. The Hall–Kier alpha value is -1.09. The van der Waals surface area contributed by atoms with E-state index in [1.807, 2.05) is 27.7 Å². The smallest absolute Gasteiger partial charge is 0.496 e. The van der Waals surface area contributed by atoms with E-state index in [1.54, 1.807) is 0 Å². The molecule has 0 atom stereocenters. The highest BCUT2D eigenvalue weighted by atomic mass is 32.2. The highest BCUT2D eigenvalue weighted by Gasteiger charge is 2.52. The summed E-state index contributed by atoms with van der Waals surface area (Å²) in [5.41, 5.74) is -1.02. The zero-order chi connectivity index (χ0) is 15.3. The molecule has 20 heavy (non-hydrogen) atoms. The molecule has 0 saturated carbocycles. The van der Waals surface area contributed by atoms with Crippen molar-refractivity contribution in [2.24, 2.45) is 5.14 Å². The normalized spacial score (nSPS) is 21.1. The Morgan fingerprint density at radius 1 is 1.15 bits per heavy atom. The summed E-state index contributed by atoms with van der Waals surface area (Å²) in [7, 11) is -4.99. The Labute approximate surface area is 119 Å².